The number of pyridine rings is 1. The number of hydrogen-bond acceptors (Lipinski definition) is 6. The summed E-state index contributed by atoms with van der Waals surface area (Å²) in [7, 11) is 1.61. The van der Waals surface area contributed by atoms with Gasteiger partial charge in [0.15, 0.2) is 0 Å². The minimum absolute atomic E-state index is 0.354. The fourth-order valence-corrected chi connectivity index (χ4v) is 3.01. The van der Waals surface area contributed by atoms with E-state index in [1.807, 2.05) is 6.20 Å². The Morgan fingerprint density at radius 1 is 1.45 bits per heavy atom. The average molecular weight is 364 g/mol. The third kappa shape index (κ3) is 3.92. The lowest BCUT2D eigenvalue weighted by Gasteiger charge is -2.16. The van der Waals surface area contributed by atoms with Crippen molar-refractivity contribution in [2.75, 3.05) is 25.5 Å². The van der Waals surface area contributed by atoms with Crippen molar-refractivity contribution in [2.24, 2.45) is 0 Å². The first kappa shape index (κ1) is 15.2. The van der Waals surface area contributed by atoms with E-state index in [1.165, 1.54) is 5.56 Å². The summed E-state index contributed by atoms with van der Waals surface area (Å²) < 4.78 is 6.14. The second kappa shape index (κ2) is 7.02. The van der Waals surface area contributed by atoms with Crippen molar-refractivity contribution in [1.29, 1.82) is 0 Å². The van der Waals surface area contributed by atoms with E-state index in [9.17, 15) is 0 Å². The molecule has 3 heterocycles. The standard InChI is InChI=1S/C15H18BrN5O/c1-22-14-2-4-18-15(20-14)19-13-3-5-21(10-13)9-11-6-12(16)8-17-7-11/h2,4,6-8,13H,3,5,9-10H2,1H3,(H,18,19,20). The molecule has 1 saturated heterocycles. The molecule has 3 rings (SSSR count). The predicted molar refractivity (Wildman–Crippen MR) is 87.8 cm³/mol. The van der Waals surface area contributed by atoms with Crippen molar-refractivity contribution >= 4 is 21.9 Å². The van der Waals surface area contributed by atoms with E-state index < -0.39 is 0 Å². The lowest BCUT2D eigenvalue weighted by molar-refractivity contribution is 0.328. The van der Waals surface area contributed by atoms with Gasteiger partial charge in [-0.05, 0) is 34.0 Å². The van der Waals surface area contributed by atoms with Crippen LogP contribution in [-0.2, 0) is 6.54 Å². The number of halogens is 1. The summed E-state index contributed by atoms with van der Waals surface area (Å²) in [5.41, 5.74) is 1.22. The molecule has 22 heavy (non-hydrogen) atoms. The number of rotatable bonds is 5. The zero-order valence-electron chi connectivity index (χ0n) is 12.4. The Balaban J connectivity index is 1.55. The van der Waals surface area contributed by atoms with Crippen LogP contribution in [0.1, 0.15) is 12.0 Å². The highest BCUT2D eigenvalue weighted by molar-refractivity contribution is 9.10. The van der Waals surface area contributed by atoms with Crippen LogP contribution in [0.4, 0.5) is 5.95 Å². The van der Waals surface area contributed by atoms with E-state index in [-0.39, 0.29) is 0 Å². The van der Waals surface area contributed by atoms with E-state index in [4.69, 9.17) is 4.74 Å². The SMILES string of the molecule is COc1ccnc(NC2CCN(Cc3cncc(Br)c3)C2)n1. The van der Waals surface area contributed by atoms with Gasteiger partial charge in [-0.15, -0.1) is 0 Å². The van der Waals surface area contributed by atoms with Crippen LogP contribution in [0.2, 0.25) is 0 Å². The fraction of sp³-hybridized carbons (Fsp3) is 0.400. The molecule has 0 spiro atoms. The fourth-order valence-electron chi connectivity index (χ4n) is 2.60. The Labute approximate surface area is 138 Å². The van der Waals surface area contributed by atoms with Crippen LogP contribution in [0.15, 0.2) is 35.2 Å². The van der Waals surface area contributed by atoms with Crippen LogP contribution < -0.4 is 10.1 Å². The Bertz CT molecular complexity index is 639. The molecule has 1 aliphatic rings. The van der Waals surface area contributed by atoms with E-state index in [1.54, 1.807) is 25.6 Å². The quantitative estimate of drug-likeness (QED) is 0.879. The molecule has 116 valence electrons. The third-order valence-corrected chi connectivity index (χ3v) is 4.05. The molecule has 2 aromatic rings. The molecule has 1 aliphatic heterocycles. The number of nitrogens with one attached hydrogen (secondary N) is 1. The molecule has 0 aromatic carbocycles. The first-order valence-corrected chi connectivity index (χ1v) is 7.97. The first-order chi connectivity index (χ1) is 10.7. The summed E-state index contributed by atoms with van der Waals surface area (Å²) >= 11 is 3.46. The third-order valence-electron chi connectivity index (χ3n) is 3.61. The summed E-state index contributed by atoms with van der Waals surface area (Å²) in [5, 5.41) is 3.37. The molecule has 0 radical (unpaired) electrons. The topological polar surface area (TPSA) is 63.2 Å². The van der Waals surface area contributed by atoms with E-state index >= 15 is 0 Å². The maximum Gasteiger partial charge on any atom is 0.226 e. The van der Waals surface area contributed by atoms with Crippen LogP contribution in [0.5, 0.6) is 5.88 Å². The lowest BCUT2D eigenvalue weighted by atomic mass is 10.2. The van der Waals surface area contributed by atoms with Crippen LogP contribution >= 0.6 is 15.9 Å². The van der Waals surface area contributed by atoms with Gasteiger partial charge >= 0.3 is 0 Å². The molecule has 1 unspecified atom stereocenters. The van der Waals surface area contributed by atoms with Gasteiger partial charge in [0.05, 0.1) is 7.11 Å². The summed E-state index contributed by atoms with van der Waals surface area (Å²) in [4.78, 5) is 15.1. The Hall–Kier alpha value is -1.73. The maximum atomic E-state index is 5.12. The van der Waals surface area contributed by atoms with Crippen LogP contribution in [0.3, 0.4) is 0 Å². The zero-order chi connectivity index (χ0) is 15.4. The number of nitrogens with zero attached hydrogens (tertiary/aromatic N) is 4. The number of anilines is 1. The molecular weight excluding hydrogens is 346 g/mol. The Kier molecular flexibility index (Phi) is 4.84. The molecule has 6 nitrogen and oxygen atoms in total. The minimum atomic E-state index is 0.354. The van der Waals surface area contributed by atoms with E-state index in [0.29, 0.717) is 17.9 Å². The van der Waals surface area contributed by atoms with E-state index in [0.717, 1.165) is 30.5 Å². The molecule has 0 saturated carbocycles. The van der Waals surface area contributed by atoms with Gasteiger partial charge in [-0.25, -0.2) is 4.98 Å². The monoisotopic (exact) mass is 363 g/mol. The van der Waals surface area contributed by atoms with Gasteiger partial charge in [-0.3, -0.25) is 9.88 Å². The molecule has 1 atom stereocenters. The highest BCUT2D eigenvalue weighted by atomic mass is 79.9. The van der Waals surface area contributed by atoms with Crippen molar-refractivity contribution in [2.45, 2.75) is 19.0 Å². The van der Waals surface area contributed by atoms with Gasteiger partial charge < -0.3 is 10.1 Å². The van der Waals surface area contributed by atoms with E-state index in [2.05, 4.69) is 47.2 Å². The number of likely N-dealkylation sites (tertiary alicyclic amines) is 1. The predicted octanol–water partition coefficient (Wildman–Crippen LogP) is 2.33. The van der Waals surface area contributed by atoms with Gasteiger partial charge in [0.25, 0.3) is 0 Å². The summed E-state index contributed by atoms with van der Waals surface area (Å²) in [6.45, 7) is 2.92. The molecule has 7 heteroatoms. The smallest absolute Gasteiger partial charge is 0.226 e. The van der Waals surface area contributed by atoms with Gasteiger partial charge in [0.2, 0.25) is 11.8 Å². The normalized spacial score (nSPS) is 18.4. The highest BCUT2D eigenvalue weighted by Gasteiger charge is 2.23. The number of methoxy groups -OCH3 is 1. The Morgan fingerprint density at radius 2 is 2.36 bits per heavy atom. The van der Waals surface area contributed by atoms with Crippen molar-refractivity contribution < 1.29 is 4.74 Å². The number of ether oxygens (including phenoxy) is 1. The average Bonchev–Trinajstić information content (AvgIpc) is 2.94. The molecule has 0 amide bonds. The Morgan fingerprint density at radius 3 is 3.18 bits per heavy atom. The minimum Gasteiger partial charge on any atom is -0.481 e. The van der Waals surface area contributed by atoms with Crippen LogP contribution in [0.25, 0.3) is 0 Å². The van der Waals surface area contributed by atoms with Gasteiger partial charge in [0.1, 0.15) is 0 Å². The van der Waals surface area contributed by atoms with Crippen LogP contribution in [0, 0.1) is 0 Å². The second-order valence-corrected chi connectivity index (χ2v) is 6.21. The van der Waals surface area contributed by atoms with Crippen molar-refractivity contribution in [3.05, 3.63) is 40.8 Å². The molecule has 0 bridgehead atoms. The maximum absolute atomic E-state index is 5.12. The number of aromatic nitrogens is 3. The summed E-state index contributed by atoms with van der Waals surface area (Å²) in [6, 6.07) is 4.21. The number of hydrogen-bond donors (Lipinski definition) is 1. The molecule has 0 aliphatic carbocycles. The summed E-state index contributed by atoms with van der Waals surface area (Å²) in [5.74, 6) is 1.20. The highest BCUT2D eigenvalue weighted by Crippen LogP contribution is 2.18. The lowest BCUT2D eigenvalue weighted by Crippen LogP contribution is -2.26. The first-order valence-electron chi connectivity index (χ1n) is 7.18. The zero-order valence-corrected chi connectivity index (χ0v) is 14.0. The largest absolute Gasteiger partial charge is 0.481 e. The molecule has 2 aromatic heterocycles. The van der Waals surface area contributed by atoms with Crippen LogP contribution in [-0.4, -0.2) is 46.1 Å². The van der Waals surface area contributed by atoms with Gasteiger partial charge in [-0.1, -0.05) is 0 Å². The van der Waals surface area contributed by atoms with Crippen molar-refractivity contribution in [1.82, 2.24) is 19.9 Å². The van der Waals surface area contributed by atoms with Gasteiger partial charge in [0, 0.05) is 54.8 Å². The second-order valence-electron chi connectivity index (χ2n) is 5.30. The molecular formula is C15H18BrN5O. The van der Waals surface area contributed by atoms with Gasteiger partial charge in [-0.2, -0.15) is 4.98 Å². The van der Waals surface area contributed by atoms with Crippen molar-refractivity contribution in [3.63, 3.8) is 0 Å². The van der Waals surface area contributed by atoms with Crippen molar-refractivity contribution in [3.8, 4) is 5.88 Å². The molecule has 1 N–H and O–H groups in total. The molecule has 1 fully saturated rings. The summed E-state index contributed by atoms with van der Waals surface area (Å²) in [6.07, 6.45) is 6.49.